The van der Waals surface area contributed by atoms with Gasteiger partial charge in [-0.1, -0.05) is 5.16 Å². The van der Waals surface area contributed by atoms with Gasteiger partial charge in [-0.15, -0.1) is 0 Å². The molecular formula is C16H27N3O3. The number of rotatable bonds is 6. The Morgan fingerprint density at radius 1 is 1.45 bits per heavy atom. The van der Waals surface area contributed by atoms with E-state index in [-0.39, 0.29) is 12.1 Å². The second-order valence-corrected chi connectivity index (χ2v) is 6.84. The molecule has 2 N–H and O–H groups in total. The summed E-state index contributed by atoms with van der Waals surface area (Å²) in [4.78, 5) is 2.23. The van der Waals surface area contributed by atoms with Crippen LogP contribution in [0.3, 0.4) is 0 Å². The molecule has 0 amide bonds. The molecule has 1 aliphatic heterocycles. The number of nitrogens with one attached hydrogen (secondary N) is 1. The normalized spacial score (nSPS) is 29.9. The molecule has 1 saturated carbocycles. The third-order valence-electron chi connectivity index (χ3n) is 5.17. The van der Waals surface area contributed by atoms with Crippen LogP contribution in [0.4, 0.5) is 0 Å². The molecule has 1 saturated heterocycles. The lowest BCUT2D eigenvalue weighted by Gasteiger charge is -2.47. The Labute approximate surface area is 131 Å². The van der Waals surface area contributed by atoms with Gasteiger partial charge in [0.25, 0.3) is 0 Å². The summed E-state index contributed by atoms with van der Waals surface area (Å²) >= 11 is 0. The van der Waals surface area contributed by atoms with E-state index >= 15 is 0 Å². The smallest absolute Gasteiger partial charge is 0.138 e. The number of nitrogens with zero attached hydrogens (tertiary/aromatic N) is 2. The SMILES string of the molecule is Cc1onc(C2CC2)c1CNC[C@]1(CO)COC[C@@H](C)N1C. The zero-order chi connectivity index (χ0) is 15.7. The van der Waals surface area contributed by atoms with Crippen molar-refractivity contribution in [1.29, 1.82) is 0 Å². The fraction of sp³-hybridized carbons (Fsp3) is 0.812. The summed E-state index contributed by atoms with van der Waals surface area (Å²) in [5.74, 6) is 1.48. The van der Waals surface area contributed by atoms with Crippen LogP contribution in [0.15, 0.2) is 4.52 Å². The van der Waals surface area contributed by atoms with E-state index in [1.807, 2.05) is 6.92 Å². The second-order valence-electron chi connectivity index (χ2n) is 6.84. The van der Waals surface area contributed by atoms with Crippen molar-refractivity contribution in [2.45, 2.75) is 50.7 Å². The molecule has 2 heterocycles. The first-order chi connectivity index (χ1) is 10.6. The van der Waals surface area contributed by atoms with Crippen molar-refractivity contribution in [2.24, 2.45) is 0 Å². The van der Waals surface area contributed by atoms with Crippen molar-refractivity contribution in [1.82, 2.24) is 15.4 Å². The van der Waals surface area contributed by atoms with E-state index in [9.17, 15) is 5.11 Å². The molecule has 1 aliphatic carbocycles. The van der Waals surface area contributed by atoms with Crippen molar-refractivity contribution >= 4 is 0 Å². The minimum absolute atomic E-state index is 0.0823. The van der Waals surface area contributed by atoms with Crippen LogP contribution in [0.2, 0.25) is 0 Å². The Hall–Kier alpha value is -0.950. The van der Waals surface area contributed by atoms with E-state index in [0.717, 1.165) is 24.6 Å². The van der Waals surface area contributed by atoms with Crippen molar-refractivity contribution in [3.8, 4) is 0 Å². The van der Waals surface area contributed by atoms with E-state index < -0.39 is 0 Å². The lowest BCUT2D eigenvalue weighted by atomic mass is 9.96. The van der Waals surface area contributed by atoms with Gasteiger partial charge in [-0.3, -0.25) is 4.90 Å². The van der Waals surface area contributed by atoms with Crippen LogP contribution in [0.5, 0.6) is 0 Å². The highest BCUT2D eigenvalue weighted by Crippen LogP contribution is 2.41. The van der Waals surface area contributed by atoms with Gasteiger partial charge >= 0.3 is 0 Å². The van der Waals surface area contributed by atoms with Gasteiger partial charge in [0.1, 0.15) is 5.76 Å². The standard InChI is InChI=1S/C16H27N3O3/c1-11-7-21-10-16(9-20,19(11)3)8-17-6-14-12(2)22-18-15(14)13-4-5-13/h11,13,17,20H,4-10H2,1-3H3/t11-,16+/m1/s1. The van der Waals surface area contributed by atoms with E-state index in [2.05, 4.69) is 29.3 Å². The number of aromatic nitrogens is 1. The number of aliphatic hydroxyl groups excluding tert-OH is 1. The largest absolute Gasteiger partial charge is 0.394 e. The molecule has 6 nitrogen and oxygen atoms in total. The highest BCUT2D eigenvalue weighted by molar-refractivity contribution is 5.28. The Kier molecular flexibility index (Phi) is 4.54. The van der Waals surface area contributed by atoms with Crippen molar-refractivity contribution < 1.29 is 14.4 Å². The van der Waals surface area contributed by atoms with Crippen molar-refractivity contribution in [3.63, 3.8) is 0 Å². The average Bonchev–Trinajstić information content (AvgIpc) is 3.29. The monoisotopic (exact) mass is 309 g/mol. The highest BCUT2D eigenvalue weighted by Gasteiger charge is 2.40. The Morgan fingerprint density at radius 3 is 2.91 bits per heavy atom. The molecule has 2 atom stereocenters. The molecule has 0 unspecified atom stereocenters. The second kappa shape index (κ2) is 6.28. The molecule has 124 valence electrons. The Morgan fingerprint density at radius 2 is 2.23 bits per heavy atom. The Balaban J connectivity index is 1.63. The molecule has 2 fully saturated rings. The van der Waals surface area contributed by atoms with Crippen LogP contribution < -0.4 is 5.32 Å². The quantitative estimate of drug-likeness (QED) is 0.818. The summed E-state index contributed by atoms with van der Waals surface area (Å²) < 4.78 is 11.0. The first-order valence-corrected chi connectivity index (χ1v) is 8.14. The van der Waals surface area contributed by atoms with Gasteiger partial charge in [0, 0.05) is 30.6 Å². The van der Waals surface area contributed by atoms with Gasteiger partial charge in [0.05, 0.1) is 31.1 Å². The number of likely N-dealkylation sites (N-methyl/N-ethyl adjacent to an activating group) is 1. The van der Waals surface area contributed by atoms with Gasteiger partial charge in [0.15, 0.2) is 0 Å². The summed E-state index contributed by atoms with van der Waals surface area (Å²) in [5.41, 5.74) is 1.94. The highest BCUT2D eigenvalue weighted by atomic mass is 16.5. The van der Waals surface area contributed by atoms with Crippen molar-refractivity contribution in [3.05, 3.63) is 17.0 Å². The summed E-state index contributed by atoms with van der Waals surface area (Å²) in [5, 5.41) is 17.6. The maximum atomic E-state index is 9.90. The average molecular weight is 309 g/mol. The Bertz CT molecular complexity index is 515. The number of aryl methyl sites for hydroxylation is 1. The summed E-state index contributed by atoms with van der Waals surface area (Å²) in [6, 6.07) is 0.307. The minimum atomic E-state index is -0.359. The predicted molar refractivity (Wildman–Crippen MR) is 82.8 cm³/mol. The van der Waals surface area contributed by atoms with Crippen LogP contribution >= 0.6 is 0 Å². The van der Waals surface area contributed by atoms with E-state index in [0.29, 0.717) is 25.1 Å². The first kappa shape index (κ1) is 15.9. The molecular weight excluding hydrogens is 282 g/mol. The van der Waals surface area contributed by atoms with Gasteiger partial charge in [-0.25, -0.2) is 0 Å². The van der Waals surface area contributed by atoms with E-state index in [1.165, 1.54) is 18.4 Å². The van der Waals surface area contributed by atoms with Crippen LogP contribution in [-0.4, -0.2) is 60.2 Å². The van der Waals surface area contributed by atoms with Crippen LogP contribution in [0.1, 0.15) is 42.7 Å². The lowest BCUT2D eigenvalue weighted by molar-refractivity contribution is -0.106. The maximum Gasteiger partial charge on any atom is 0.138 e. The van der Waals surface area contributed by atoms with Crippen molar-refractivity contribution in [2.75, 3.05) is 33.4 Å². The molecule has 0 aromatic carbocycles. The number of morpholine rings is 1. The van der Waals surface area contributed by atoms with Gasteiger partial charge < -0.3 is 19.7 Å². The molecule has 0 bridgehead atoms. The number of hydrogen-bond donors (Lipinski definition) is 2. The molecule has 22 heavy (non-hydrogen) atoms. The fourth-order valence-electron chi connectivity index (χ4n) is 3.21. The summed E-state index contributed by atoms with van der Waals surface area (Å²) in [6.07, 6.45) is 2.43. The molecule has 0 radical (unpaired) electrons. The van der Waals surface area contributed by atoms with Gasteiger partial charge in [0.2, 0.25) is 0 Å². The summed E-state index contributed by atoms with van der Waals surface area (Å²) in [6.45, 7) is 6.85. The number of aliphatic hydroxyl groups is 1. The first-order valence-electron chi connectivity index (χ1n) is 8.14. The minimum Gasteiger partial charge on any atom is -0.394 e. The van der Waals surface area contributed by atoms with E-state index in [1.54, 1.807) is 0 Å². The number of ether oxygens (including phenoxy) is 1. The molecule has 1 aromatic rings. The molecule has 2 aliphatic rings. The predicted octanol–water partition coefficient (Wildman–Crippen LogP) is 1.03. The molecule has 1 aromatic heterocycles. The summed E-state index contributed by atoms with van der Waals surface area (Å²) in [7, 11) is 2.06. The van der Waals surface area contributed by atoms with Gasteiger partial charge in [-0.2, -0.15) is 0 Å². The molecule has 0 spiro atoms. The van der Waals surface area contributed by atoms with Crippen LogP contribution in [-0.2, 0) is 11.3 Å². The molecule has 3 rings (SSSR count). The van der Waals surface area contributed by atoms with E-state index in [4.69, 9.17) is 9.26 Å². The van der Waals surface area contributed by atoms with Crippen LogP contribution in [0.25, 0.3) is 0 Å². The zero-order valence-corrected chi connectivity index (χ0v) is 13.8. The third kappa shape index (κ3) is 2.93. The topological polar surface area (TPSA) is 70.8 Å². The fourth-order valence-corrected chi connectivity index (χ4v) is 3.21. The lowest BCUT2D eigenvalue weighted by Crippen LogP contribution is -2.65. The zero-order valence-electron chi connectivity index (χ0n) is 13.8. The van der Waals surface area contributed by atoms with Gasteiger partial charge in [-0.05, 0) is 33.7 Å². The third-order valence-corrected chi connectivity index (χ3v) is 5.17. The molecule has 6 heteroatoms. The van der Waals surface area contributed by atoms with Crippen LogP contribution in [0, 0.1) is 6.92 Å². The maximum absolute atomic E-state index is 9.90. The number of hydrogen-bond acceptors (Lipinski definition) is 6.